The van der Waals surface area contributed by atoms with Crippen molar-refractivity contribution in [3.63, 3.8) is 0 Å². The van der Waals surface area contributed by atoms with Crippen LogP contribution in [-0.2, 0) is 22.6 Å². The molecule has 0 radical (unpaired) electrons. The van der Waals surface area contributed by atoms with Crippen LogP contribution in [0.5, 0.6) is 5.75 Å². The van der Waals surface area contributed by atoms with E-state index in [0.29, 0.717) is 26.1 Å². The molecule has 5 rings (SSSR count). The molecule has 2 saturated heterocycles. The second-order valence-electron chi connectivity index (χ2n) is 9.59. The van der Waals surface area contributed by atoms with Crippen molar-refractivity contribution < 1.29 is 19.1 Å². The van der Waals surface area contributed by atoms with Crippen molar-refractivity contribution in [1.82, 2.24) is 19.7 Å². The maximum Gasteiger partial charge on any atom is 0.324 e. The van der Waals surface area contributed by atoms with Gasteiger partial charge in [0.1, 0.15) is 11.8 Å². The summed E-state index contributed by atoms with van der Waals surface area (Å²) in [5.74, 6) is 0.824. The molecule has 0 saturated carbocycles. The zero-order valence-electron chi connectivity index (χ0n) is 19.8. The van der Waals surface area contributed by atoms with Crippen LogP contribution in [0.3, 0.4) is 0 Å². The number of pyridine rings is 1. The summed E-state index contributed by atoms with van der Waals surface area (Å²) in [4.78, 5) is 53.6. The van der Waals surface area contributed by atoms with Crippen LogP contribution >= 0.6 is 0 Å². The zero-order valence-corrected chi connectivity index (χ0v) is 19.8. The SMILES string of the molecule is COc1ccccc1CCN1C(=O)N[C@@H](CCC(=O)N2CC3CC(C2)c2cccc(=O)n2C3)C1=O. The van der Waals surface area contributed by atoms with Crippen molar-refractivity contribution in [2.75, 3.05) is 26.7 Å². The summed E-state index contributed by atoms with van der Waals surface area (Å²) in [5.41, 5.74) is 1.94. The maximum atomic E-state index is 13.0. The molecule has 2 aromatic rings. The number of ether oxygens (including phenoxy) is 1. The lowest BCUT2D eigenvalue weighted by atomic mass is 9.83. The van der Waals surface area contributed by atoms with Gasteiger partial charge in [-0.05, 0) is 42.9 Å². The quantitative estimate of drug-likeness (QED) is 0.611. The highest BCUT2D eigenvalue weighted by atomic mass is 16.5. The number of para-hydroxylation sites is 1. The van der Waals surface area contributed by atoms with Gasteiger partial charge in [0.05, 0.1) is 7.11 Å². The number of imide groups is 1. The molecule has 2 unspecified atom stereocenters. The number of rotatable bonds is 7. The Balaban J connectivity index is 1.16. The van der Waals surface area contributed by atoms with Gasteiger partial charge in [-0.15, -0.1) is 0 Å². The maximum absolute atomic E-state index is 13.0. The number of piperidine rings is 1. The summed E-state index contributed by atoms with van der Waals surface area (Å²) in [6, 6.07) is 11.8. The zero-order chi connectivity index (χ0) is 24.5. The first-order valence-corrected chi connectivity index (χ1v) is 12.2. The molecule has 3 aliphatic heterocycles. The third-order valence-corrected chi connectivity index (χ3v) is 7.38. The van der Waals surface area contributed by atoms with E-state index < -0.39 is 12.1 Å². The molecule has 1 N–H and O–H groups in total. The van der Waals surface area contributed by atoms with Gasteiger partial charge in [0.2, 0.25) is 5.91 Å². The molecule has 35 heavy (non-hydrogen) atoms. The van der Waals surface area contributed by atoms with Gasteiger partial charge < -0.3 is 19.5 Å². The predicted octanol–water partition coefficient (Wildman–Crippen LogP) is 1.75. The van der Waals surface area contributed by atoms with E-state index in [2.05, 4.69) is 5.32 Å². The van der Waals surface area contributed by atoms with Crippen molar-refractivity contribution in [2.45, 2.75) is 44.2 Å². The summed E-state index contributed by atoms with van der Waals surface area (Å²) >= 11 is 0. The fourth-order valence-corrected chi connectivity index (χ4v) is 5.65. The highest BCUT2D eigenvalue weighted by Gasteiger charge is 2.39. The molecule has 2 bridgehead atoms. The van der Waals surface area contributed by atoms with Gasteiger partial charge in [-0.2, -0.15) is 0 Å². The number of hydrogen-bond acceptors (Lipinski definition) is 5. The third kappa shape index (κ3) is 4.54. The monoisotopic (exact) mass is 478 g/mol. The van der Waals surface area contributed by atoms with E-state index >= 15 is 0 Å². The average Bonchev–Trinajstić information content (AvgIpc) is 3.14. The Kier molecular flexibility index (Phi) is 6.32. The second kappa shape index (κ2) is 9.56. The Labute approximate surface area is 203 Å². The number of carbonyl (C=O) groups excluding carboxylic acids is 3. The number of fused-ring (bicyclic) bond motifs is 4. The molecule has 0 aliphatic carbocycles. The molecular formula is C26H30N4O5. The van der Waals surface area contributed by atoms with Gasteiger partial charge in [0, 0.05) is 50.3 Å². The minimum atomic E-state index is -0.687. The van der Waals surface area contributed by atoms with Crippen LogP contribution in [0.15, 0.2) is 47.3 Å². The Morgan fingerprint density at radius 2 is 1.89 bits per heavy atom. The Hall–Kier alpha value is -3.62. The lowest BCUT2D eigenvalue weighted by Crippen LogP contribution is -2.49. The summed E-state index contributed by atoms with van der Waals surface area (Å²) in [7, 11) is 1.59. The van der Waals surface area contributed by atoms with E-state index in [1.54, 1.807) is 19.2 Å². The number of benzene rings is 1. The van der Waals surface area contributed by atoms with E-state index in [9.17, 15) is 19.2 Å². The highest BCUT2D eigenvalue weighted by Crippen LogP contribution is 2.35. The van der Waals surface area contributed by atoms with Crippen LogP contribution in [0, 0.1) is 5.92 Å². The standard InChI is InChI=1S/C26H30N4O5/c1-35-22-7-3-2-5-18(22)11-12-29-25(33)20(27-26(29)34)9-10-23(31)28-14-17-13-19(16-28)21-6-4-8-24(32)30(21)15-17/h2-8,17,19-20H,9-16H2,1H3,(H,27,34)/t17?,19?,20-/m0/s1. The van der Waals surface area contributed by atoms with Crippen LogP contribution < -0.4 is 15.6 Å². The van der Waals surface area contributed by atoms with E-state index in [0.717, 1.165) is 23.4 Å². The Bertz CT molecular complexity index is 1210. The fraction of sp³-hybridized carbons (Fsp3) is 0.462. The second-order valence-corrected chi connectivity index (χ2v) is 9.59. The van der Waals surface area contributed by atoms with Gasteiger partial charge in [0.25, 0.3) is 11.5 Å². The van der Waals surface area contributed by atoms with Gasteiger partial charge in [-0.25, -0.2) is 4.79 Å². The number of hydrogen-bond donors (Lipinski definition) is 1. The van der Waals surface area contributed by atoms with Gasteiger partial charge in [-0.1, -0.05) is 24.3 Å². The molecule has 1 aromatic heterocycles. The first-order valence-electron chi connectivity index (χ1n) is 12.2. The molecule has 2 fully saturated rings. The number of urea groups is 1. The number of carbonyl (C=O) groups is 3. The molecule has 9 heteroatoms. The topological polar surface area (TPSA) is 101 Å². The van der Waals surface area contributed by atoms with Crippen molar-refractivity contribution in [3.05, 3.63) is 64.1 Å². The molecular weight excluding hydrogens is 448 g/mol. The van der Waals surface area contributed by atoms with Gasteiger partial charge in [-0.3, -0.25) is 19.3 Å². The van der Waals surface area contributed by atoms with E-state index in [1.807, 2.05) is 39.8 Å². The Morgan fingerprint density at radius 1 is 1.06 bits per heavy atom. The van der Waals surface area contributed by atoms with Crippen LogP contribution in [0.25, 0.3) is 0 Å². The molecule has 4 heterocycles. The van der Waals surface area contributed by atoms with Crippen LogP contribution in [0.4, 0.5) is 4.79 Å². The normalized spacial score (nSPS) is 23.2. The molecule has 3 atom stereocenters. The van der Waals surface area contributed by atoms with E-state index in [-0.39, 0.29) is 48.6 Å². The van der Waals surface area contributed by atoms with E-state index in [4.69, 9.17) is 4.74 Å². The number of nitrogens with one attached hydrogen (secondary N) is 1. The number of likely N-dealkylation sites (tertiary alicyclic amines) is 1. The molecule has 9 nitrogen and oxygen atoms in total. The first kappa shape index (κ1) is 23.1. The van der Waals surface area contributed by atoms with Crippen molar-refractivity contribution in [1.29, 1.82) is 0 Å². The first-order chi connectivity index (χ1) is 16.9. The Morgan fingerprint density at radius 3 is 2.71 bits per heavy atom. The summed E-state index contributed by atoms with van der Waals surface area (Å²) in [6.45, 7) is 2.08. The summed E-state index contributed by atoms with van der Waals surface area (Å²) < 4.78 is 7.19. The van der Waals surface area contributed by atoms with Crippen LogP contribution in [0.2, 0.25) is 0 Å². The molecule has 0 spiro atoms. The third-order valence-electron chi connectivity index (χ3n) is 7.38. The number of nitrogens with zero attached hydrogens (tertiary/aromatic N) is 3. The van der Waals surface area contributed by atoms with Gasteiger partial charge >= 0.3 is 6.03 Å². The van der Waals surface area contributed by atoms with Gasteiger partial charge in [0.15, 0.2) is 0 Å². The molecule has 184 valence electrons. The lowest BCUT2D eigenvalue weighted by Gasteiger charge is -2.42. The molecule has 4 amide bonds. The smallest absolute Gasteiger partial charge is 0.324 e. The minimum Gasteiger partial charge on any atom is -0.496 e. The molecule has 3 aliphatic rings. The average molecular weight is 479 g/mol. The number of aromatic nitrogens is 1. The summed E-state index contributed by atoms with van der Waals surface area (Å²) in [5, 5.41) is 2.73. The van der Waals surface area contributed by atoms with Crippen LogP contribution in [-0.4, -0.2) is 65.0 Å². The largest absolute Gasteiger partial charge is 0.496 e. The predicted molar refractivity (Wildman–Crippen MR) is 128 cm³/mol. The number of amides is 4. The summed E-state index contributed by atoms with van der Waals surface area (Å²) in [6.07, 6.45) is 1.94. The van der Waals surface area contributed by atoms with Crippen LogP contribution in [0.1, 0.15) is 36.4 Å². The van der Waals surface area contributed by atoms with E-state index in [1.165, 1.54) is 4.90 Å². The van der Waals surface area contributed by atoms with Crippen molar-refractivity contribution >= 4 is 17.8 Å². The minimum absolute atomic E-state index is 0.0130. The van der Waals surface area contributed by atoms with Crippen molar-refractivity contribution in [3.8, 4) is 5.75 Å². The number of methoxy groups -OCH3 is 1. The lowest BCUT2D eigenvalue weighted by molar-refractivity contribution is -0.134. The fourth-order valence-electron chi connectivity index (χ4n) is 5.65. The highest BCUT2D eigenvalue weighted by molar-refractivity contribution is 6.04. The van der Waals surface area contributed by atoms with Crippen molar-refractivity contribution in [2.24, 2.45) is 5.92 Å². The molecule has 1 aromatic carbocycles.